The molecule has 0 aliphatic heterocycles. The molecule has 0 radical (unpaired) electrons. The van der Waals surface area contributed by atoms with Crippen LogP contribution in [-0.2, 0) is 11.3 Å². The van der Waals surface area contributed by atoms with Gasteiger partial charge in [-0.2, -0.15) is 0 Å². The minimum atomic E-state index is -0.831. The first-order chi connectivity index (χ1) is 17.6. The highest BCUT2D eigenvalue weighted by molar-refractivity contribution is 7.98. The lowest BCUT2D eigenvalue weighted by molar-refractivity contribution is -0.127. The molecule has 202 valence electrons. The van der Waals surface area contributed by atoms with Crippen LogP contribution in [0.3, 0.4) is 0 Å². The highest BCUT2D eigenvalue weighted by Crippen LogP contribution is 2.26. The van der Waals surface area contributed by atoms with E-state index in [1.165, 1.54) is 23.9 Å². The molecule has 3 atom stereocenters. The van der Waals surface area contributed by atoms with Crippen molar-refractivity contribution in [1.82, 2.24) is 25.7 Å². The van der Waals surface area contributed by atoms with Crippen molar-refractivity contribution in [1.29, 1.82) is 0 Å². The van der Waals surface area contributed by atoms with Crippen molar-refractivity contribution in [2.75, 3.05) is 20.4 Å². The molecule has 2 aromatic rings. The third-order valence-electron chi connectivity index (χ3n) is 6.33. The lowest BCUT2D eigenvalue weighted by Crippen LogP contribution is -2.52. The summed E-state index contributed by atoms with van der Waals surface area (Å²) in [5, 5.41) is 13.7. The Kier molecular flexibility index (Phi) is 10.2. The Morgan fingerprint density at radius 3 is 2.54 bits per heavy atom. The van der Waals surface area contributed by atoms with Crippen LogP contribution in [0, 0.1) is 17.7 Å². The Morgan fingerprint density at radius 1 is 1.19 bits per heavy atom. The number of benzene rings is 1. The second kappa shape index (κ2) is 13.1. The van der Waals surface area contributed by atoms with Gasteiger partial charge in [0, 0.05) is 12.6 Å². The minimum Gasteiger partial charge on any atom is -0.408 e. The second-order valence-corrected chi connectivity index (χ2v) is 10.9. The third kappa shape index (κ3) is 7.85. The molecular weight excluding hydrogens is 497 g/mol. The van der Waals surface area contributed by atoms with Crippen LogP contribution in [0.4, 0.5) is 4.39 Å². The summed E-state index contributed by atoms with van der Waals surface area (Å²) in [6.45, 7) is 4.47. The number of hydrogen-bond donors (Lipinski definition) is 2. The number of Topliss-reactive ketones (excluding diaryl/α,β-unsaturated/α-hetero) is 1. The van der Waals surface area contributed by atoms with Crippen molar-refractivity contribution in [3.63, 3.8) is 0 Å². The van der Waals surface area contributed by atoms with Gasteiger partial charge in [0.25, 0.3) is 17.0 Å². The molecule has 0 saturated heterocycles. The third-order valence-corrected chi connectivity index (χ3v) is 6.84. The molecule has 2 amide bonds. The standard InChI is InChI=1S/C26H36FN5O4S/c1-15(2)12-21(22(33)25-30-31-26(36-25)37-5)29-24(35)18-8-6-7-9-20(18)28-23(34)17-11-10-16(13-19(17)27)14-32(3)4/h10-11,13,15,18,20-21H,6-9,12,14H2,1-5H3,(H,28,34)(H,29,35)/t18-,20+,21?/m1/s1. The van der Waals surface area contributed by atoms with Crippen molar-refractivity contribution < 1.29 is 23.2 Å². The quantitative estimate of drug-likeness (QED) is 0.332. The fourth-order valence-corrected chi connectivity index (χ4v) is 4.88. The van der Waals surface area contributed by atoms with E-state index in [1.54, 1.807) is 12.3 Å². The molecule has 1 unspecified atom stereocenters. The summed E-state index contributed by atoms with van der Waals surface area (Å²) in [5.74, 6) is -2.47. The second-order valence-electron chi connectivity index (χ2n) is 10.2. The van der Waals surface area contributed by atoms with Crippen LogP contribution in [0.5, 0.6) is 0 Å². The molecule has 1 aliphatic carbocycles. The molecule has 1 saturated carbocycles. The van der Waals surface area contributed by atoms with Gasteiger partial charge < -0.3 is 20.0 Å². The molecule has 1 fully saturated rings. The summed E-state index contributed by atoms with van der Waals surface area (Å²) < 4.78 is 20.1. The highest BCUT2D eigenvalue weighted by Gasteiger charge is 2.36. The van der Waals surface area contributed by atoms with Crippen molar-refractivity contribution in [2.24, 2.45) is 11.8 Å². The first-order valence-corrected chi connectivity index (χ1v) is 13.8. The highest BCUT2D eigenvalue weighted by atomic mass is 32.2. The number of rotatable bonds is 11. The molecule has 3 rings (SSSR count). The number of halogens is 1. The van der Waals surface area contributed by atoms with E-state index in [-0.39, 0.29) is 28.5 Å². The molecular formula is C26H36FN5O4S. The van der Waals surface area contributed by atoms with Gasteiger partial charge in [0.05, 0.1) is 17.5 Å². The number of nitrogens with zero attached hydrogens (tertiary/aromatic N) is 3. The molecule has 1 aliphatic rings. The smallest absolute Gasteiger partial charge is 0.286 e. The van der Waals surface area contributed by atoms with Gasteiger partial charge in [-0.3, -0.25) is 14.4 Å². The maximum absolute atomic E-state index is 14.7. The molecule has 37 heavy (non-hydrogen) atoms. The van der Waals surface area contributed by atoms with Crippen molar-refractivity contribution in [3.05, 3.63) is 41.0 Å². The van der Waals surface area contributed by atoms with Crippen LogP contribution in [0.2, 0.25) is 0 Å². The number of carbonyl (C=O) groups excluding carboxylic acids is 3. The van der Waals surface area contributed by atoms with Crippen LogP contribution >= 0.6 is 11.8 Å². The van der Waals surface area contributed by atoms with E-state index in [1.807, 2.05) is 32.8 Å². The Hall–Kier alpha value is -2.79. The first kappa shape index (κ1) is 28.8. The predicted octanol–water partition coefficient (Wildman–Crippen LogP) is 3.69. The zero-order chi connectivity index (χ0) is 27.1. The summed E-state index contributed by atoms with van der Waals surface area (Å²) in [7, 11) is 3.77. The van der Waals surface area contributed by atoms with Crippen molar-refractivity contribution >= 4 is 29.4 Å². The van der Waals surface area contributed by atoms with Gasteiger partial charge in [0.15, 0.2) is 0 Å². The zero-order valence-corrected chi connectivity index (χ0v) is 22.9. The van der Waals surface area contributed by atoms with Gasteiger partial charge in [0.1, 0.15) is 5.82 Å². The minimum absolute atomic E-state index is 0.0545. The van der Waals surface area contributed by atoms with E-state index in [0.29, 0.717) is 25.8 Å². The Balaban J connectivity index is 1.72. The van der Waals surface area contributed by atoms with Gasteiger partial charge in [-0.25, -0.2) is 4.39 Å². The molecule has 1 heterocycles. The van der Waals surface area contributed by atoms with E-state index in [2.05, 4.69) is 20.8 Å². The van der Waals surface area contributed by atoms with Crippen LogP contribution in [0.1, 0.15) is 72.6 Å². The average molecular weight is 534 g/mol. The Bertz CT molecular complexity index is 1110. The fraction of sp³-hybridized carbons (Fsp3) is 0.577. The number of aromatic nitrogens is 2. The molecule has 1 aromatic heterocycles. The van der Waals surface area contributed by atoms with Crippen molar-refractivity contribution in [2.45, 2.75) is 69.8 Å². The number of thioether (sulfide) groups is 1. The monoisotopic (exact) mass is 533 g/mol. The number of ketones is 1. The first-order valence-electron chi connectivity index (χ1n) is 12.5. The van der Waals surface area contributed by atoms with Gasteiger partial charge in [0.2, 0.25) is 11.7 Å². The summed E-state index contributed by atoms with van der Waals surface area (Å²) in [4.78, 5) is 41.3. The van der Waals surface area contributed by atoms with E-state index in [0.717, 1.165) is 18.4 Å². The van der Waals surface area contributed by atoms with Crippen LogP contribution in [0.25, 0.3) is 0 Å². The van der Waals surface area contributed by atoms with Crippen LogP contribution < -0.4 is 10.6 Å². The molecule has 2 N–H and O–H groups in total. The normalized spacial score (nSPS) is 18.6. The topological polar surface area (TPSA) is 117 Å². The van der Waals surface area contributed by atoms with Crippen molar-refractivity contribution in [3.8, 4) is 0 Å². The van der Waals surface area contributed by atoms with Gasteiger partial charge in [-0.05, 0) is 63.2 Å². The summed E-state index contributed by atoms with van der Waals surface area (Å²) in [6, 6.07) is 3.27. The number of hydrogen-bond acceptors (Lipinski definition) is 8. The van der Waals surface area contributed by atoms with Crippen LogP contribution in [0.15, 0.2) is 27.8 Å². The predicted molar refractivity (Wildman–Crippen MR) is 139 cm³/mol. The maximum Gasteiger partial charge on any atom is 0.286 e. The largest absolute Gasteiger partial charge is 0.408 e. The average Bonchev–Trinajstić information content (AvgIpc) is 3.32. The van der Waals surface area contributed by atoms with Gasteiger partial charge in [-0.1, -0.05) is 44.5 Å². The molecule has 11 heteroatoms. The SMILES string of the molecule is CSc1nnc(C(=O)C(CC(C)C)NC(=O)[C@@H]2CCCC[C@@H]2NC(=O)c2ccc(CN(C)C)cc2F)o1. The zero-order valence-electron chi connectivity index (χ0n) is 22.0. The lowest BCUT2D eigenvalue weighted by atomic mass is 9.83. The summed E-state index contributed by atoms with van der Waals surface area (Å²) >= 11 is 1.23. The maximum atomic E-state index is 14.7. The van der Waals surface area contributed by atoms with Gasteiger partial charge in [-0.15, -0.1) is 10.2 Å². The molecule has 1 aromatic carbocycles. The molecule has 0 bridgehead atoms. The molecule has 9 nitrogen and oxygen atoms in total. The fourth-order valence-electron chi connectivity index (χ4n) is 4.59. The summed E-state index contributed by atoms with van der Waals surface area (Å²) in [5.41, 5.74) is 0.710. The number of nitrogens with one attached hydrogen (secondary N) is 2. The van der Waals surface area contributed by atoms with E-state index >= 15 is 0 Å². The Labute approximate surface area is 221 Å². The molecule has 0 spiro atoms. The van der Waals surface area contributed by atoms with E-state index in [9.17, 15) is 18.8 Å². The van der Waals surface area contributed by atoms with E-state index in [4.69, 9.17) is 4.42 Å². The van der Waals surface area contributed by atoms with E-state index < -0.39 is 35.5 Å². The lowest BCUT2D eigenvalue weighted by Gasteiger charge is -2.32. The Morgan fingerprint density at radius 2 is 1.92 bits per heavy atom. The van der Waals surface area contributed by atoms with Gasteiger partial charge >= 0.3 is 0 Å². The summed E-state index contributed by atoms with van der Waals surface area (Å²) in [6.07, 6.45) is 4.97. The number of amides is 2. The number of carbonyl (C=O) groups is 3. The van der Waals surface area contributed by atoms with Crippen LogP contribution in [-0.4, -0.2) is 65.1 Å².